The highest BCUT2D eigenvalue weighted by Crippen LogP contribution is 2.19. The Bertz CT molecular complexity index is 1140. The van der Waals surface area contributed by atoms with Gasteiger partial charge in [0.15, 0.2) is 0 Å². The first kappa shape index (κ1) is 21.2. The van der Waals surface area contributed by atoms with Gasteiger partial charge in [0, 0.05) is 0 Å². The molecule has 0 aliphatic heterocycles. The SMILES string of the molecule is Cc1nnc(CNC(=O)c2cnc(CNS(=O)(=O)c3ccc(F)c(Cl)c3)cn2)s1. The van der Waals surface area contributed by atoms with Crippen molar-refractivity contribution in [2.45, 2.75) is 24.9 Å². The number of benzene rings is 1. The number of carbonyl (C=O) groups is 1. The van der Waals surface area contributed by atoms with Gasteiger partial charge in [0.25, 0.3) is 5.91 Å². The molecule has 2 aromatic heterocycles. The number of rotatable bonds is 7. The van der Waals surface area contributed by atoms with Crippen molar-refractivity contribution < 1.29 is 17.6 Å². The van der Waals surface area contributed by atoms with E-state index in [9.17, 15) is 17.6 Å². The third-order valence-electron chi connectivity index (χ3n) is 3.55. The maximum atomic E-state index is 13.2. The molecule has 152 valence electrons. The average Bonchev–Trinajstić information content (AvgIpc) is 3.12. The first-order chi connectivity index (χ1) is 13.7. The molecule has 0 aliphatic rings. The zero-order valence-corrected chi connectivity index (χ0v) is 17.3. The molecule has 29 heavy (non-hydrogen) atoms. The number of nitrogens with one attached hydrogen (secondary N) is 2. The molecule has 0 aliphatic carbocycles. The van der Waals surface area contributed by atoms with Crippen LogP contribution >= 0.6 is 22.9 Å². The van der Waals surface area contributed by atoms with Gasteiger partial charge in [-0.15, -0.1) is 10.2 Å². The van der Waals surface area contributed by atoms with Gasteiger partial charge < -0.3 is 5.32 Å². The van der Waals surface area contributed by atoms with E-state index in [-0.39, 0.29) is 34.4 Å². The Kier molecular flexibility index (Phi) is 6.47. The van der Waals surface area contributed by atoms with Crippen LogP contribution in [0.3, 0.4) is 0 Å². The van der Waals surface area contributed by atoms with Crippen molar-refractivity contribution in [2.24, 2.45) is 0 Å². The summed E-state index contributed by atoms with van der Waals surface area (Å²) in [7, 11) is -3.92. The molecular weight excluding hydrogens is 443 g/mol. The lowest BCUT2D eigenvalue weighted by Crippen LogP contribution is -2.25. The molecule has 0 fully saturated rings. The minimum Gasteiger partial charge on any atom is -0.344 e. The van der Waals surface area contributed by atoms with Crippen LogP contribution in [0, 0.1) is 12.7 Å². The van der Waals surface area contributed by atoms with Crippen molar-refractivity contribution in [2.75, 3.05) is 0 Å². The molecule has 1 amide bonds. The fraction of sp³-hybridized carbons (Fsp3) is 0.188. The standard InChI is InChI=1S/C16H14ClFN6O3S2/c1-9-23-24-15(28-9)8-21-16(25)14-7-19-10(5-20-14)6-22-29(26,27)11-2-3-13(18)12(17)4-11/h2-5,7,22H,6,8H2,1H3,(H,21,25). The first-order valence-corrected chi connectivity index (χ1v) is 10.7. The number of nitrogens with zero attached hydrogens (tertiary/aromatic N) is 4. The summed E-state index contributed by atoms with van der Waals surface area (Å²) in [4.78, 5) is 19.9. The van der Waals surface area contributed by atoms with Crippen molar-refractivity contribution in [1.82, 2.24) is 30.2 Å². The van der Waals surface area contributed by atoms with E-state index in [0.717, 1.165) is 23.2 Å². The van der Waals surface area contributed by atoms with E-state index < -0.39 is 21.7 Å². The number of sulfonamides is 1. The van der Waals surface area contributed by atoms with Gasteiger partial charge >= 0.3 is 0 Å². The Labute approximate surface area is 174 Å². The largest absolute Gasteiger partial charge is 0.344 e. The molecule has 0 spiro atoms. The molecule has 1 aromatic carbocycles. The monoisotopic (exact) mass is 456 g/mol. The lowest BCUT2D eigenvalue weighted by Gasteiger charge is -2.07. The van der Waals surface area contributed by atoms with Gasteiger partial charge in [-0.1, -0.05) is 22.9 Å². The van der Waals surface area contributed by atoms with Crippen molar-refractivity contribution in [1.29, 1.82) is 0 Å². The number of aromatic nitrogens is 4. The van der Waals surface area contributed by atoms with Crippen molar-refractivity contribution in [3.63, 3.8) is 0 Å². The van der Waals surface area contributed by atoms with E-state index in [2.05, 4.69) is 30.2 Å². The number of aryl methyl sites for hydroxylation is 1. The third-order valence-corrected chi connectivity index (χ3v) is 6.08. The lowest BCUT2D eigenvalue weighted by molar-refractivity contribution is 0.0945. The van der Waals surface area contributed by atoms with Crippen LogP contribution < -0.4 is 10.0 Å². The number of amides is 1. The third kappa shape index (κ3) is 5.50. The molecule has 0 radical (unpaired) electrons. The minimum absolute atomic E-state index is 0.0724. The summed E-state index contributed by atoms with van der Waals surface area (Å²) in [6.45, 7) is 1.86. The second kappa shape index (κ2) is 8.86. The van der Waals surface area contributed by atoms with Gasteiger partial charge in [0.1, 0.15) is 21.5 Å². The fourth-order valence-corrected chi connectivity index (χ4v) is 4.03. The van der Waals surface area contributed by atoms with Crippen LogP contribution in [-0.4, -0.2) is 34.5 Å². The number of halogens is 2. The van der Waals surface area contributed by atoms with Crippen LogP contribution in [0.5, 0.6) is 0 Å². The zero-order chi connectivity index (χ0) is 21.0. The van der Waals surface area contributed by atoms with Crippen LogP contribution in [0.1, 0.15) is 26.2 Å². The molecule has 3 aromatic rings. The molecule has 2 heterocycles. The van der Waals surface area contributed by atoms with Gasteiger partial charge in [-0.3, -0.25) is 9.78 Å². The van der Waals surface area contributed by atoms with Crippen molar-refractivity contribution >= 4 is 38.9 Å². The van der Waals surface area contributed by atoms with Gasteiger partial charge in [-0.05, 0) is 25.1 Å². The predicted octanol–water partition coefficient (Wildman–Crippen LogP) is 1.84. The fourth-order valence-electron chi connectivity index (χ4n) is 2.12. The zero-order valence-electron chi connectivity index (χ0n) is 14.9. The molecule has 0 saturated carbocycles. The van der Waals surface area contributed by atoms with Crippen LogP contribution in [0.2, 0.25) is 5.02 Å². The van der Waals surface area contributed by atoms with Crippen LogP contribution in [0.25, 0.3) is 0 Å². The molecule has 2 N–H and O–H groups in total. The maximum Gasteiger partial charge on any atom is 0.271 e. The Morgan fingerprint density at radius 2 is 2.00 bits per heavy atom. The second-order valence-corrected chi connectivity index (χ2v) is 9.13. The average molecular weight is 457 g/mol. The van der Waals surface area contributed by atoms with E-state index in [4.69, 9.17) is 11.6 Å². The summed E-state index contributed by atoms with van der Waals surface area (Å²) in [5.41, 5.74) is 0.362. The Hall–Kier alpha value is -2.54. The van der Waals surface area contributed by atoms with Gasteiger partial charge in [0.05, 0.1) is 41.1 Å². The van der Waals surface area contributed by atoms with Gasteiger partial charge in [-0.2, -0.15) is 0 Å². The molecule has 13 heteroatoms. The normalized spacial score (nSPS) is 11.4. The second-order valence-electron chi connectivity index (χ2n) is 5.69. The molecule has 0 unspecified atom stereocenters. The smallest absolute Gasteiger partial charge is 0.271 e. The number of carbonyl (C=O) groups excluding carboxylic acids is 1. The van der Waals surface area contributed by atoms with E-state index in [1.165, 1.54) is 23.7 Å². The highest BCUT2D eigenvalue weighted by molar-refractivity contribution is 7.89. The van der Waals surface area contributed by atoms with E-state index in [1.54, 1.807) is 0 Å². The Morgan fingerprint density at radius 1 is 1.21 bits per heavy atom. The molecule has 0 saturated heterocycles. The van der Waals surface area contributed by atoms with E-state index >= 15 is 0 Å². The van der Waals surface area contributed by atoms with Crippen molar-refractivity contribution in [3.05, 3.63) is 62.8 Å². The van der Waals surface area contributed by atoms with Crippen molar-refractivity contribution in [3.8, 4) is 0 Å². The number of hydrogen-bond donors (Lipinski definition) is 2. The highest BCUT2D eigenvalue weighted by Gasteiger charge is 2.16. The maximum absolute atomic E-state index is 13.2. The lowest BCUT2D eigenvalue weighted by atomic mass is 10.3. The van der Waals surface area contributed by atoms with E-state index in [1.807, 2.05) is 6.92 Å². The number of hydrogen-bond acceptors (Lipinski definition) is 8. The minimum atomic E-state index is -3.92. The summed E-state index contributed by atoms with van der Waals surface area (Å²) in [6, 6.07) is 3.08. The van der Waals surface area contributed by atoms with Crippen LogP contribution in [0.4, 0.5) is 4.39 Å². The molecule has 9 nitrogen and oxygen atoms in total. The van der Waals surface area contributed by atoms with Crippen LogP contribution in [0.15, 0.2) is 35.5 Å². The Balaban J connectivity index is 1.58. The van der Waals surface area contributed by atoms with E-state index in [0.29, 0.717) is 5.01 Å². The first-order valence-electron chi connectivity index (χ1n) is 8.07. The molecule has 0 bridgehead atoms. The van der Waals surface area contributed by atoms with Crippen LogP contribution in [-0.2, 0) is 23.1 Å². The highest BCUT2D eigenvalue weighted by atomic mass is 35.5. The molecular formula is C16H14ClFN6O3S2. The van der Waals surface area contributed by atoms with Gasteiger partial charge in [0.2, 0.25) is 10.0 Å². The quantitative estimate of drug-likeness (QED) is 0.555. The molecule has 3 rings (SSSR count). The summed E-state index contributed by atoms with van der Waals surface area (Å²) in [5, 5.41) is 11.6. The summed E-state index contributed by atoms with van der Waals surface area (Å²) in [6.07, 6.45) is 2.52. The summed E-state index contributed by atoms with van der Waals surface area (Å²) in [5.74, 6) is -1.16. The van der Waals surface area contributed by atoms with Gasteiger partial charge in [-0.25, -0.2) is 22.5 Å². The topological polar surface area (TPSA) is 127 Å². The Morgan fingerprint density at radius 3 is 2.62 bits per heavy atom. The molecule has 0 atom stereocenters. The summed E-state index contributed by atoms with van der Waals surface area (Å²) >= 11 is 6.98. The summed E-state index contributed by atoms with van der Waals surface area (Å²) < 4.78 is 40.0. The predicted molar refractivity (Wildman–Crippen MR) is 103 cm³/mol.